The molecule has 1 atom stereocenters. The highest BCUT2D eigenvalue weighted by atomic mass is 32.2. The Balaban J connectivity index is 1.57. The van der Waals surface area contributed by atoms with Gasteiger partial charge in [-0.05, 0) is 98.0 Å². The van der Waals surface area contributed by atoms with E-state index in [2.05, 4.69) is 22.1 Å². The molecule has 232 valence electrons. The Morgan fingerprint density at radius 1 is 0.773 bits per heavy atom. The van der Waals surface area contributed by atoms with Crippen LogP contribution in [0.2, 0.25) is 0 Å². The molecule has 9 heteroatoms. The molecule has 1 amide bonds. The number of carbonyl (C=O) groups excluding carboxylic acids is 1. The fraction of sp³-hybridized carbons (Fsp3) is 0.343. The number of sulfonamides is 1. The number of rotatable bonds is 16. The highest BCUT2D eigenvalue weighted by Crippen LogP contribution is 2.24. The molecule has 2 aromatic carbocycles. The van der Waals surface area contributed by atoms with E-state index in [1.54, 1.807) is 29.4 Å². The molecular weight excluding hydrogens is 572 g/mol. The number of amides is 1. The largest absolute Gasteiger partial charge is 0.497 e. The second kappa shape index (κ2) is 16.1. The van der Waals surface area contributed by atoms with Crippen molar-refractivity contribution in [1.82, 2.24) is 19.2 Å². The van der Waals surface area contributed by atoms with E-state index in [9.17, 15) is 13.2 Å². The lowest BCUT2D eigenvalue weighted by molar-refractivity contribution is -0.136. The molecule has 0 aliphatic carbocycles. The summed E-state index contributed by atoms with van der Waals surface area (Å²) in [6, 6.07) is 22.8. The quantitative estimate of drug-likeness (QED) is 0.163. The number of benzene rings is 2. The van der Waals surface area contributed by atoms with E-state index in [0.717, 1.165) is 55.2 Å². The normalized spacial score (nSPS) is 12.3. The molecule has 2 aromatic heterocycles. The van der Waals surface area contributed by atoms with Crippen molar-refractivity contribution in [3.8, 4) is 5.75 Å². The number of hydrogen-bond acceptors (Lipinski definition) is 6. The number of aryl methyl sites for hydroxylation is 2. The van der Waals surface area contributed by atoms with Crippen LogP contribution in [0.4, 0.5) is 0 Å². The molecule has 8 nitrogen and oxygen atoms in total. The van der Waals surface area contributed by atoms with Crippen molar-refractivity contribution in [2.75, 3.05) is 21.2 Å². The minimum Gasteiger partial charge on any atom is -0.497 e. The number of likely N-dealkylation sites (N-methyl/N-ethyl adjacent to an activating group) is 2. The SMILES string of the molecule is COc1ccc(S(=O)(=O)N(C)[C@@H](Cc2ccccc2)C(=O)N(C)C(CCCc2cccnc2)CCCc2cccnc2)cc1. The minimum absolute atomic E-state index is 0.0637. The molecule has 2 heterocycles. The molecule has 0 spiro atoms. The first kappa shape index (κ1) is 32.8. The van der Waals surface area contributed by atoms with E-state index in [0.29, 0.717) is 5.75 Å². The Bertz CT molecular complexity index is 1490. The highest BCUT2D eigenvalue weighted by molar-refractivity contribution is 7.89. The molecule has 0 saturated heterocycles. The van der Waals surface area contributed by atoms with Crippen LogP contribution in [0.5, 0.6) is 5.75 Å². The number of nitrogens with zero attached hydrogens (tertiary/aromatic N) is 4. The maximum absolute atomic E-state index is 14.4. The molecule has 4 rings (SSSR count). The predicted molar refractivity (Wildman–Crippen MR) is 173 cm³/mol. The number of aromatic nitrogens is 2. The lowest BCUT2D eigenvalue weighted by Crippen LogP contribution is -2.52. The lowest BCUT2D eigenvalue weighted by Gasteiger charge is -2.35. The zero-order valence-corrected chi connectivity index (χ0v) is 26.6. The molecule has 0 N–H and O–H groups in total. The Kier molecular flexibility index (Phi) is 12.0. The Morgan fingerprint density at radius 2 is 1.32 bits per heavy atom. The van der Waals surface area contributed by atoms with Crippen molar-refractivity contribution in [3.05, 3.63) is 120 Å². The molecule has 44 heavy (non-hydrogen) atoms. The summed E-state index contributed by atoms with van der Waals surface area (Å²) in [7, 11) is 0.866. The van der Waals surface area contributed by atoms with Crippen LogP contribution in [0, 0.1) is 0 Å². The molecule has 0 aliphatic heterocycles. The fourth-order valence-corrected chi connectivity index (χ4v) is 6.72. The Hall–Kier alpha value is -4.08. The molecule has 0 aliphatic rings. The van der Waals surface area contributed by atoms with Crippen molar-refractivity contribution in [2.24, 2.45) is 0 Å². The number of hydrogen-bond donors (Lipinski definition) is 0. The van der Waals surface area contributed by atoms with E-state index in [1.165, 1.54) is 30.6 Å². The second-order valence-electron chi connectivity index (χ2n) is 11.0. The van der Waals surface area contributed by atoms with Crippen molar-refractivity contribution < 1.29 is 17.9 Å². The average molecular weight is 615 g/mol. The topological polar surface area (TPSA) is 92.7 Å². The molecule has 0 unspecified atom stereocenters. The van der Waals surface area contributed by atoms with Crippen LogP contribution in [0.1, 0.15) is 42.4 Å². The van der Waals surface area contributed by atoms with Gasteiger partial charge in [-0.15, -0.1) is 0 Å². The van der Waals surface area contributed by atoms with Gasteiger partial charge in [-0.3, -0.25) is 14.8 Å². The van der Waals surface area contributed by atoms with E-state index in [1.807, 2.05) is 61.9 Å². The van der Waals surface area contributed by atoms with Gasteiger partial charge in [0.1, 0.15) is 11.8 Å². The van der Waals surface area contributed by atoms with Gasteiger partial charge in [0, 0.05) is 44.9 Å². The zero-order chi connectivity index (χ0) is 31.4. The van der Waals surface area contributed by atoms with Crippen LogP contribution in [-0.4, -0.2) is 66.8 Å². The Labute approximate surface area is 261 Å². The molecule has 0 saturated carbocycles. The Morgan fingerprint density at radius 3 is 1.82 bits per heavy atom. The van der Waals surface area contributed by atoms with Gasteiger partial charge in [0.25, 0.3) is 0 Å². The van der Waals surface area contributed by atoms with Gasteiger partial charge in [-0.25, -0.2) is 8.42 Å². The van der Waals surface area contributed by atoms with Crippen molar-refractivity contribution in [1.29, 1.82) is 0 Å². The predicted octanol–water partition coefficient (Wildman–Crippen LogP) is 5.59. The maximum Gasteiger partial charge on any atom is 0.243 e. The summed E-state index contributed by atoms with van der Waals surface area (Å²) in [6.07, 6.45) is 12.6. The summed E-state index contributed by atoms with van der Waals surface area (Å²) in [5.74, 6) is 0.338. The van der Waals surface area contributed by atoms with Gasteiger partial charge >= 0.3 is 0 Å². The summed E-state index contributed by atoms with van der Waals surface area (Å²) < 4.78 is 34.1. The van der Waals surface area contributed by atoms with E-state index in [4.69, 9.17) is 4.74 Å². The monoisotopic (exact) mass is 614 g/mol. The second-order valence-corrected chi connectivity index (χ2v) is 13.0. The third kappa shape index (κ3) is 8.97. The zero-order valence-electron chi connectivity index (χ0n) is 25.7. The summed E-state index contributed by atoms with van der Waals surface area (Å²) in [5, 5.41) is 0. The van der Waals surface area contributed by atoms with Crippen LogP contribution in [0.25, 0.3) is 0 Å². The maximum atomic E-state index is 14.4. The van der Waals surface area contributed by atoms with E-state index in [-0.39, 0.29) is 23.3 Å². The van der Waals surface area contributed by atoms with Crippen LogP contribution in [-0.2, 0) is 34.1 Å². The van der Waals surface area contributed by atoms with Crippen LogP contribution >= 0.6 is 0 Å². The highest BCUT2D eigenvalue weighted by Gasteiger charge is 2.36. The van der Waals surface area contributed by atoms with Crippen molar-refractivity contribution in [2.45, 2.75) is 61.9 Å². The van der Waals surface area contributed by atoms with Crippen LogP contribution in [0.15, 0.2) is 109 Å². The third-order valence-electron chi connectivity index (χ3n) is 8.08. The molecule has 0 radical (unpaired) electrons. The van der Waals surface area contributed by atoms with Crippen LogP contribution in [0.3, 0.4) is 0 Å². The van der Waals surface area contributed by atoms with Crippen molar-refractivity contribution in [3.63, 3.8) is 0 Å². The summed E-state index contributed by atoms with van der Waals surface area (Å²) in [4.78, 5) is 24.7. The smallest absolute Gasteiger partial charge is 0.243 e. The van der Waals surface area contributed by atoms with Gasteiger partial charge < -0.3 is 9.64 Å². The number of pyridine rings is 2. The third-order valence-corrected chi connectivity index (χ3v) is 9.96. The minimum atomic E-state index is -3.98. The molecule has 4 aromatic rings. The average Bonchev–Trinajstić information content (AvgIpc) is 3.07. The lowest BCUT2D eigenvalue weighted by atomic mass is 9.97. The number of carbonyl (C=O) groups is 1. The van der Waals surface area contributed by atoms with E-state index >= 15 is 0 Å². The van der Waals surface area contributed by atoms with Gasteiger partial charge in [0.15, 0.2) is 0 Å². The first-order valence-electron chi connectivity index (χ1n) is 15.0. The molecule has 0 bridgehead atoms. The molecular formula is C35H42N4O4S. The standard InChI is InChI=1S/C35H42N4O4S/c1-38(31(17-7-13-29-15-9-23-36-26-29)18-8-14-30-16-10-24-37-27-30)35(40)34(25-28-11-5-4-6-12-28)39(2)44(41,42)33-21-19-32(43-3)20-22-33/h4-6,9-12,15-16,19-24,26-27,31,34H,7-8,13-14,17-18,25H2,1-3H3/t34-/m0/s1. The summed E-state index contributed by atoms with van der Waals surface area (Å²) in [5.41, 5.74) is 3.20. The fourth-order valence-electron chi connectivity index (χ4n) is 5.41. The summed E-state index contributed by atoms with van der Waals surface area (Å²) in [6.45, 7) is 0. The van der Waals surface area contributed by atoms with Gasteiger partial charge in [-0.1, -0.05) is 42.5 Å². The first-order chi connectivity index (χ1) is 21.3. The number of methoxy groups -OCH3 is 1. The van der Waals surface area contributed by atoms with E-state index < -0.39 is 16.1 Å². The van der Waals surface area contributed by atoms with Crippen molar-refractivity contribution >= 4 is 15.9 Å². The first-order valence-corrected chi connectivity index (χ1v) is 16.4. The van der Waals surface area contributed by atoms with Gasteiger partial charge in [-0.2, -0.15) is 4.31 Å². The van der Waals surface area contributed by atoms with Gasteiger partial charge in [0.05, 0.1) is 12.0 Å². The summed E-state index contributed by atoms with van der Waals surface area (Å²) >= 11 is 0. The van der Waals surface area contributed by atoms with Crippen LogP contribution < -0.4 is 4.74 Å². The molecule has 0 fully saturated rings. The van der Waals surface area contributed by atoms with Gasteiger partial charge in [0.2, 0.25) is 15.9 Å². The number of ether oxygens (including phenoxy) is 1.